The molecule has 0 aromatic rings. The molecule has 1 atom stereocenters. The molecule has 0 heterocycles. The van der Waals surface area contributed by atoms with Gasteiger partial charge < -0.3 is 24.8 Å². The summed E-state index contributed by atoms with van der Waals surface area (Å²) in [7, 11) is 0. The van der Waals surface area contributed by atoms with Gasteiger partial charge in [-0.2, -0.15) is 0 Å². The first-order valence-electron chi connectivity index (χ1n) is 22.4. The molecule has 0 rings (SSSR count). The van der Waals surface area contributed by atoms with E-state index in [-0.39, 0.29) is 24.8 Å². The normalized spacial score (nSPS) is 11.8. The molecule has 0 saturated carbocycles. The molecule has 296 valence electrons. The third kappa shape index (κ3) is 45.3. The van der Waals surface area contributed by atoms with Gasteiger partial charge in [-0.05, 0) is 0 Å². The number of rotatable bonds is 42. The summed E-state index contributed by atoms with van der Waals surface area (Å²) in [6, 6.07) is 0. The first kappa shape index (κ1) is 54.6. The average Bonchev–Trinajstić information content (AvgIpc) is 3.08. The van der Waals surface area contributed by atoms with Crippen LogP contribution in [0, 0.1) is 5.92 Å². The second kappa shape index (κ2) is 49.2. The minimum absolute atomic E-state index is 0. The van der Waals surface area contributed by atoms with Gasteiger partial charge in [0.1, 0.15) is 0 Å². The zero-order valence-electron chi connectivity index (χ0n) is 34.3. The Hall–Kier alpha value is 1.21. The van der Waals surface area contributed by atoms with Crippen molar-refractivity contribution >= 4 is 0 Å². The fourth-order valence-electron chi connectivity index (χ4n) is 7.05. The van der Waals surface area contributed by atoms with Crippen molar-refractivity contribution in [3.63, 3.8) is 0 Å². The third-order valence-electron chi connectivity index (χ3n) is 10.6. The van der Waals surface area contributed by atoms with Crippen molar-refractivity contribution in [2.45, 2.75) is 259 Å². The molecule has 0 aliphatic rings. The van der Waals surface area contributed by atoms with E-state index in [1.54, 1.807) is 0 Å². The van der Waals surface area contributed by atoms with Crippen LogP contribution in [0.25, 0.3) is 0 Å². The van der Waals surface area contributed by atoms with E-state index < -0.39 is 19.8 Å². The number of hydrogen-bond acceptors (Lipinski definition) is 2. The molecule has 0 N–H and O–H groups in total. The van der Waals surface area contributed by atoms with Crippen molar-refractivity contribution in [3.05, 3.63) is 0 Å². The van der Waals surface area contributed by atoms with Crippen molar-refractivity contribution in [2.24, 2.45) is 5.92 Å². The Morgan fingerprint density at radius 3 is 0.898 bits per heavy atom. The van der Waals surface area contributed by atoms with Gasteiger partial charge >= 0.3 is 220 Å². The topological polar surface area (TPSA) is 12.5 Å². The summed E-state index contributed by atoms with van der Waals surface area (Å²) < 4.78 is 9.23. The van der Waals surface area contributed by atoms with E-state index in [9.17, 15) is 0 Å². The van der Waals surface area contributed by atoms with Gasteiger partial charge in [0.2, 0.25) is 0 Å². The zero-order chi connectivity index (χ0) is 34.1. The minimum atomic E-state index is -0.408. The van der Waals surface area contributed by atoms with Crippen LogP contribution in [0.4, 0.5) is 0 Å². The fourth-order valence-corrected chi connectivity index (χ4v) is 8.60. The second-order valence-electron chi connectivity index (χ2n) is 15.4. The molecule has 0 aromatic heterocycles. The van der Waals surface area contributed by atoms with Crippen LogP contribution in [0.3, 0.4) is 0 Å². The van der Waals surface area contributed by atoms with Gasteiger partial charge in [-0.25, -0.2) is 0 Å². The summed E-state index contributed by atoms with van der Waals surface area (Å²) >= 11 is -0.408. The molecule has 0 aliphatic heterocycles. The Morgan fingerprint density at radius 2 is 0.633 bits per heavy atom. The molecule has 5 heteroatoms. The van der Waals surface area contributed by atoms with Crippen molar-refractivity contribution in [1.29, 1.82) is 0 Å². The summed E-state index contributed by atoms with van der Waals surface area (Å²) in [5.41, 5.74) is 0. The van der Waals surface area contributed by atoms with Crippen LogP contribution in [0.5, 0.6) is 0 Å². The second-order valence-corrected chi connectivity index (χ2v) is 17.1. The standard InChI is InChI=1S/C36H74N.C8H17O.2ClH.Ti/c1-3-5-7-9-11-13-15-17-19-21-23-25-27-29-31-33-35-37-36-34-32-30-28-26-24-22-20-18-16-14-12-10-8-6-4-2;1-3-5-6-8(4-2)7-9;;;/h3-36H2,1-2H3;8H,3-7H2,1-2H3;2*1H;/q2*-1;;;+4/p-2. The molecule has 0 aromatic carbocycles. The maximum atomic E-state index is 6.46. The Balaban J connectivity index is -0.0000106. The predicted molar refractivity (Wildman–Crippen MR) is 210 cm³/mol. The van der Waals surface area contributed by atoms with E-state index in [1.807, 2.05) is 0 Å². The molecule has 0 aliphatic carbocycles. The summed E-state index contributed by atoms with van der Waals surface area (Å²) in [6.07, 6.45) is 51.8. The third-order valence-corrected chi connectivity index (χ3v) is 12.2. The van der Waals surface area contributed by atoms with Gasteiger partial charge in [0.15, 0.2) is 0 Å². The first-order chi connectivity index (χ1) is 23.3. The summed E-state index contributed by atoms with van der Waals surface area (Å²) in [6.45, 7) is 12.9. The van der Waals surface area contributed by atoms with Crippen LogP contribution in [-0.4, -0.2) is 23.1 Å². The van der Waals surface area contributed by atoms with Crippen LogP contribution in [0.2, 0.25) is 0 Å². The molecule has 0 bridgehead atoms. The predicted octanol–water partition coefficient (Wildman–Crippen LogP) is 9.96. The molecular formula is C44H91Cl2NOTi. The molecule has 0 radical (unpaired) electrons. The maximum absolute atomic E-state index is 6.46. The van der Waals surface area contributed by atoms with Crippen LogP contribution in [-0.2, 0) is 23.1 Å². The first-order valence-corrected chi connectivity index (χ1v) is 23.7. The fraction of sp³-hybridized carbons (Fsp3) is 1.00. The van der Waals surface area contributed by atoms with Crippen LogP contribution in [0.1, 0.15) is 259 Å². The molecule has 1 unspecified atom stereocenters. The van der Waals surface area contributed by atoms with Gasteiger partial charge in [0.05, 0.1) is 0 Å². The Morgan fingerprint density at radius 1 is 0.367 bits per heavy atom. The monoisotopic (exact) mass is 768 g/mol. The quantitative estimate of drug-likeness (QED) is 0.0453. The number of unbranched alkanes of at least 4 members (excludes halogenated alkanes) is 31. The molecule has 49 heavy (non-hydrogen) atoms. The van der Waals surface area contributed by atoms with Crippen molar-refractivity contribution in [3.8, 4) is 0 Å². The molecule has 0 amide bonds. The Bertz CT molecular complexity index is 519. The minimum Gasteiger partial charge on any atom is -1.00 e. The van der Waals surface area contributed by atoms with Gasteiger partial charge in [-0.1, -0.05) is 90.9 Å². The SMILES string of the molecule is CCCCCCCCCCCCCCCCCC[N](CCCCCCCCCCCCCCCCCC)[Ti+2][O]CC(CC)CCCC.[Cl-].[Cl-]. The van der Waals surface area contributed by atoms with E-state index in [1.165, 1.54) is 244 Å². The summed E-state index contributed by atoms with van der Waals surface area (Å²) in [5.74, 6) is 0.784. The van der Waals surface area contributed by atoms with E-state index in [4.69, 9.17) is 3.32 Å². The van der Waals surface area contributed by atoms with E-state index in [0.717, 1.165) is 12.5 Å². The zero-order valence-corrected chi connectivity index (χ0v) is 37.3. The van der Waals surface area contributed by atoms with Gasteiger partial charge in [-0.15, -0.1) is 0 Å². The summed E-state index contributed by atoms with van der Waals surface area (Å²) in [5, 5.41) is 0. The largest absolute Gasteiger partial charge is 1.00 e. The smallest absolute Gasteiger partial charge is 1.00 e. The van der Waals surface area contributed by atoms with Gasteiger partial charge in [0, 0.05) is 0 Å². The van der Waals surface area contributed by atoms with E-state index in [0.29, 0.717) is 0 Å². The van der Waals surface area contributed by atoms with Crippen molar-refractivity contribution in [2.75, 3.05) is 19.7 Å². The Labute approximate surface area is 333 Å². The van der Waals surface area contributed by atoms with Gasteiger partial charge in [-0.3, -0.25) is 0 Å². The number of hydrogen-bond donors (Lipinski definition) is 0. The van der Waals surface area contributed by atoms with E-state index in [2.05, 4.69) is 31.1 Å². The van der Waals surface area contributed by atoms with E-state index >= 15 is 0 Å². The molecular weight excluding hydrogens is 677 g/mol. The van der Waals surface area contributed by atoms with Crippen molar-refractivity contribution in [1.82, 2.24) is 3.38 Å². The number of halogens is 2. The molecule has 0 saturated heterocycles. The Kier molecular flexibility index (Phi) is 54.8. The number of nitrogens with zero attached hydrogens (tertiary/aromatic N) is 1. The van der Waals surface area contributed by atoms with Crippen molar-refractivity contribution < 1.29 is 47.9 Å². The maximum Gasteiger partial charge on any atom is -1.00 e. The van der Waals surface area contributed by atoms with Crippen LogP contribution in [0.15, 0.2) is 0 Å². The van der Waals surface area contributed by atoms with Crippen LogP contribution >= 0.6 is 0 Å². The molecule has 0 fully saturated rings. The van der Waals surface area contributed by atoms with Crippen LogP contribution < -0.4 is 24.8 Å². The van der Waals surface area contributed by atoms with Gasteiger partial charge in [0.25, 0.3) is 0 Å². The molecule has 0 spiro atoms. The average molecular weight is 769 g/mol. The summed E-state index contributed by atoms with van der Waals surface area (Å²) in [4.78, 5) is 0. The molecule has 2 nitrogen and oxygen atoms in total.